The number of nitrogens with one attached hydrogen (secondary N) is 1. The van der Waals surface area contributed by atoms with Gasteiger partial charge in [-0.05, 0) is 30.3 Å². The summed E-state index contributed by atoms with van der Waals surface area (Å²) in [5.74, 6) is -0.836. The molecule has 138 valence electrons. The lowest BCUT2D eigenvalue weighted by atomic mass is 10.1. The van der Waals surface area contributed by atoms with Crippen molar-refractivity contribution in [1.29, 1.82) is 0 Å². The SMILES string of the molecule is O=C(/C=C/c1cn(-c2ccccc2)nc1-c1cccnc1)NCC(F)(F)F. The third kappa shape index (κ3) is 5.04. The minimum atomic E-state index is -4.46. The number of pyridine rings is 1. The van der Waals surface area contributed by atoms with Gasteiger partial charge in [0.2, 0.25) is 5.91 Å². The predicted molar refractivity (Wildman–Crippen MR) is 94.9 cm³/mol. The third-order valence-electron chi connectivity index (χ3n) is 3.58. The van der Waals surface area contributed by atoms with Crippen LogP contribution in [0.15, 0.2) is 67.1 Å². The zero-order valence-corrected chi connectivity index (χ0v) is 14.0. The maximum Gasteiger partial charge on any atom is 0.405 e. The van der Waals surface area contributed by atoms with E-state index in [-0.39, 0.29) is 0 Å². The average Bonchev–Trinajstić information content (AvgIpc) is 3.10. The van der Waals surface area contributed by atoms with Gasteiger partial charge in [-0.1, -0.05) is 18.2 Å². The summed E-state index contributed by atoms with van der Waals surface area (Å²) in [7, 11) is 0. The van der Waals surface area contributed by atoms with Gasteiger partial charge in [0.15, 0.2) is 0 Å². The highest BCUT2D eigenvalue weighted by Crippen LogP contribution is 2.24. The number of alkyl halides is 3. The first kappa shape index (κ1) is 18.4. The standard InChI is InChI=1S/C19H15F3N4O/c20-19(21,22)13-24-17(27)9-8-15-12-26(16-6-2-1-3-7-16)25-18(15)14-5-4-10-23-11-14/h1-12H,13H2,(H,24,27)/b9-8+. The van der Waals surface area contributed by atoms with Crippen molar-refractivity contribution < 1.29 is 18.0 Å². The van der Waals surface area contributed by atoms with Gasteiger partial charge in [-0.3, -0.25) is 9.78 Å². The molecule has 0 aliphatic rings. The summed E-state index contributed by atoms with van der Waals surface area (Å²) in [4.78, 5) is 15.7. The highest BCUT2D eigenvalue weighted by Gasteiger charge is 2.27. The van der Waals surface area contributed by atoms with Crippen LogP contribution in [0.25, 0.3) is 23.0 Å². The number of benzene rings is 1. The molecule has 2 aromatic heterocycles. The Morgan fingerprint density at radius 2 is 1.93 bits per heavy atom. The predicted octanol–water partition coefficient (Wildman–Crippen LogP) is 3.63. The molecule has 8 heteroatoms. The molecular weight excluding hydrogens is 357 g/mol. The van der Waals surface area contributed by atoms with Crippen molar-refractivity contribution in [1.82, 2.24) is 20.1 Å². The molecule has 27 heavy (non-hydrogen) atoms. The van der Waals surface area contributed by atoms with Crippen molar-refractivity contribution in [2.45, 2.75) is 6.18 Å². The molecule has 0 aliphatic heterocycles. The van der Waals surface area contributed by atoms with Crippen LogP contribution in [0.5, 0.6) is 0 Å². The van der Waals surface area contributed by atoms with Gasteiger partial charge in [0, 0.05) is 35.8 Å². The normalized spacial score (nSPS) is 11.7. The van der Waals surface area contributed by atoms with Crippen LogP contribution in [0.3, 0.4) is 0 Å². The molecule has 0 unspecified atom stereocenters. The van der Waals surface area contributed by atoms with E-state index in [9.17, 15) is 18.0 Å². The number of para-hydroxylation sites is 1. The first-order valence-electron chi connectivity index (χ1n) is 8.00. The first-order valence-corrected chi connectivity index (χ1v) is 8.00. The monoisotopic (exact) mass is 372 g/mol. The Morgan fingerprint density at radius 3 is 2.59 bits per heavy atom. The minimum absolute atomic E-state index is 0.562. The molecule has 0 radical (unpaired) electrons. The van der Waals surface area contributed by atoms with Gasteiger partial charge in [-0.15, -0.1) is 0 Å². The van der Waals surface area contributed by atoms with Crippen LogP contribution in [-0.4, -0.2) is 33.4 Å². The number of carbonyl (C=O) groups is 1. The highest BCUT2D eigenvalue weighted by molar-refractivity contribution is 5.92. The smallest absolute Gasteiger partial charge is 0.343 e. The number of halogens is 3. The third-order valence-corrected chi connectivity index (χ3v) is 3.58. The van der Waals surface area contributed by atoms with Crippen LogP contribution in [-0.2, 0) is 4.79 Å². The molecule has 1 N–H and O–H groups in total. The molecule has 0 atom stereocenters. The van der Waals surface area contributed by atoms with E-state index in [4.69, 9.17) is 0 Å². The van der Waals surface area contributed by atoms with E-state index >= 15 is 0 Å². The topological polar surface area (TPSA) is 59.8 Å². The van der Waals surface area contributed by atoms with Crippen LogP contribution in [0.1, 0.15) is 5.56 Å². The van der Waals surface area contributed by atoms with Crippen LogP contribution >= 0.6 is 0 Å². The number of amides is 1. The quantitative estimate of drug-likeness (QED) is 0.696. The van der Waals surface area contributed by atoms with Crippen molar-refractivity contribution in [2.24, 2.45) is 0 Å². The van der Waals surface area contributed by atoms with Crippen LogP contribution in [0.2, 0.25) is 0 Å². The molecule has 1 amide bonds. The number of nitrogens with zero attached hydrogens (tertiary/aromatic N) is 3. The fourth-order valence-electron chi connectivity index (χ4n) is 2.36. The largest absolute Gasteiger partial charge is 0.405 e. The first-order chi connectivity index (χ1) is 12.9. The number of carbonyl (C=O) groups excluding carboxylic acids is 1. The Balaban J connectivity index is 1.90. The number of aromatic nitrogens is 3. The van der Waals surface area contributed by atoms with E-state index in [2.05, 4.69) is 10.1 Å². The Labute approximate surface area is 153 Å². The molecule has 2 heterocycles. The maximum atomic E-state index is 12.2. The summed E-state index contributed by atoms with van der Waals surface area (Å²) in [6.07, 6.45) is 2.97. The fourth-order valence-corrected chi connectivity index (χ4v) is 2.36. The molecule has 0 saturated carbocycles. The number of rotatable bonds is 5. The van der Waals surface area contributed by atoms with Gasteiger partial charge in [-0.25, -0.2) is 4.68 Å². The van der Waals surface area contributed by atoms with Gasteiger partial charge in [0.25, 0.3) is 0 Å². The van der Waals surface area contributed by atoms with Crippen LogP contribution < -0.4 is 5.32 Å². The van der Waals surface area contributed by atoms with E-state index in [1.165, 1.54) is 6.08 Å². The fraction of sp³-hybridized carbons (Fsp3) is 0.105. The summed E-state index contributed by atoms with van der Waals surface area (Å²) in [6, 6.07) is 12.9. The number of hydrogen-bond acceptors (Lipinski definition) is 3. The molecule has 0 bridgehead atoms. The highest BCUT2D eigenvalue weighted by atomic mass is 19.4. The van der Waals surface area contributed by atoms with Gasteiger partial charge in [-0.2, -0.15) is 18.3 Å². The second-order valence-corrected chi connectivity index (χ2v) is 5.62. The summed E-state index contributed by atoms with van der Waals surface area (Å²) < 4.78 is 38.2. The molecule has 3 rings (SSSR count). The van der Waals surface area contributed by atoms with Crippen molar-refractivity contribution >= 4 is 12.0 Å². The molecule has 0 spiro atoms. The van der Waals surface area contributed by atoms with Crippen molar-refractivity contribution in [3.63, 3.8) is 0 Å². The van der Waals surface area contributed by atoms with Crippen LogP contribution in [0, 0.1) is 0 Å². The second-order valence-electron chi connectivity index (χ2n) is 5.62. The molecule has 1 aromatic carbocycles. The van der Waals surface area contributed by atoms with Gasteiger partial charge in [0.05, 0.1) is 5.69 Å². The van der Waals surface area contributed by atoms with E-state index in [1.54, 1.807) is 34.7 Å². The second kappa shape index (κ2) is 7.86. The summed E-state index contributed by atoms with van der Waals surface area (Å²) >= 11 is 0. The molecular formula is C19H15F3N4O. The zero-order chi connectivity index (χ0) is 19.3. The zero-order valence-electron chi connectivity index (χ0n) is 14.0. The minimum Gasteiger partial charge on any atom is -0.343 e. The lowest BCUT2D eigenvalue weighted by Crippen LogP contribution is -2.32. The molecule has 0 fully saturated rings. The summed E-state index contributed by atoms with van der Waals surface area (Å²) in [5, 5.41) is 6.33. The number of hydrogen-bond donors (Lipinski definition) is 1. The van der Waals surface area contributed by atoms with E-state index in [0.29, 0.717) is 11.3 Å². The van der Waals surface area contributed by atoms with Crippen molar-refractivity contribution in [3.8, 4) is 16.9 Å². The lowest BCUT2D eigenvalue weighted by molar-refractivity contribution is -0.135. The molecule has 0 saturated heterocycles. The Bertz CT molecular complexity index is 935. The van der Waals surface area contributed by atoms with Gasteiger partial charge >= 0.3 is 6.18 Å². The van der Waals surface area contributed by atoms with E-state index in [0.717, 1.165) is 17.3 Å². The van der Waals surface area contributed by atoms with Gasteiger partial charge < -0.3 is 5.32 Å². The summed E-state index contributed by atoms with van der Waals surface area (Å²) in [5.41, 5.74) is 2.67. The van der Waals surface area contributed by atoms with E-state index in [1.807, 2.05) is 36.4 Å². The Kier molecular flexibility index (Phi) is 5.35. The molecule has 3 aromatic rings. The Hall–Kier alpha value is -3.42. The van der Waals surface area contributed by atoms with Gasteiger partial charge in [0.1, 0.15) is 12.2 Å². The van der Waals surface area contributed by atoms with Crippen molar-refractivity contribution in [3.05, 3.63) is 72.7 Å². The molecule has 5 nitrogen and oxygen atoms in total. The molecule has 0 aliphatic carbocycles. The summed E-state index contributed by atoms with van der Waals surface area (Å²) in [6.45, 7) is -1.38. The Morgan fingerprint density at radius 1 is 1.15 bits per heavy atom. The lowest BCUT2D eigenvalue weighted by Gasteiger charge is -2.05. The van der Waals surface area contributed by atoms with E-state index < -0.39 is 18.6 Å². The van der Waals surface area contributed by atoms with Crippen LogP contribution in [0.4, 0.5) is 13.2 Å². The average molecular weight is 372 g/mol. The maximum absolute atomic E-state index is 12.2. The van der Waals surface area contributed by atoms with Crippen molar-refractivity contribution in [2.75, 3.05) is 6.54 Å².